The van der Waals surface area contributed by atoms with Gasteiger partial charge in [0.1, 0.15) is 12.1 Å². The van der Waals surface area contributed by atoms with Crippen LogP contribution in [0.1, 0.15) is 5.56 Å². The fraction of sp³-hybridized carbons (Fsp3) is 0.200. The third-order valence-corrected chi connectivity index (χ3v) is 2.27. The van der Waals surface area contributed by atoms with Gasteiger partial charge in [-0.1, -0.05) is 6.07 Å². The van der Waals surface area contributed by atoms with Crippen LogP contribution in [-0.4, -0.2) is 21.9 Å². The highest BCUT2D eigenvalue weighted by Crippen LogP contribution is 2.21. The maximum atomic E-state index is 11.2. The molecule has 1 heterocycles. The lowest BCUT2D eigenvalue weighted by Crippen LogP contribution is -2.16. The smallest absolute Gasteiger partial charge is 0.343 e. The van der Waals surface area contributed by atoms with Crippen LogP contribution >= 0.6 is 0 Å². The van der Waals surface area contributed by atoms with Crippen molar-refractivity contribution in [2.75, 3.05) is 12.8 Å². The number of nitrogen functional groups attached to an aromatic ring is 1. The van der Waals surface area contributed by atoms with E-state index in [9.17, 15) is 4.79 Å². The first-order valence-electron chi connectivity index (χ1n) is 4.73. The fourth-order valence-electron chi connectivity index (χ4n) is 1.46. The van der Waals surface area contributed by atoms with Gasteiger partial charge < -0.3 is 10.5 Å². The zero-order chi connectivity index (χ0) is 11.5. The second-order valence-electron chi connectivity index (χ2n) is 3.37. The Morgan fingerprint density at radius 1 is 1.56 bits per heavy atom. The molecule has 6 nitrogen and oxygen atoms in total. The van der Waals surface area contributed by atoms with Crippen LogP contribution in [0, 0.1) is 0 Å². The van der Waals surface area contributed by atoms with Gasteiger partial charge in [0.2, 0.25) is 0 Å². The molecule has 0 amide bonds. The van der Waals surface area contributed by atoms with Gasteiger partial charge in [0.15, 0.2) is 0 Å². The van der Waals surface area contributed by atoms with Crippen LogP contribution in [-0.2, 0) is 6.54 Å². The maximum absolute atomic E-state index is 11.2. The van der Waals surface area contributed by atoms with Crippen molar-refractivity contribution < 1.29 is 4.74 Å². The Morgan fingerprint density at radius 3 is 2.94 bits per heavy atom. The van der Waals surface area contributed by atoms with Crippen molar-refractivity contribution in [1.29, 1.82) is 0 Å². The molecule has 84 valence electrons. The van der Waals surface area contributed by atoms with Gasteiger partial charge in [0.25, 0.3) is 0 Å². The first-order valence-corrected chi connectivity index (χ1v) is 4.73. The maximum Gasteiger partial charge on any atom is 0.343 e. The quantitative estimate of drug-likeness (QED) is 0.724. The van der Waals surface area contributed by atoms with Crippen LogP contribution in [0.15, 0.2) is 29.3 Å². The number of benzene rings is 1. The van der Waals surface area contributed by atoms with E-state index in [1.54, 1.807) is 19.2 Å². The summed E-state index contributed by atoms with van der Waals surface area (Å²) in [6.45, 7) is 0.434. The van der Waals surface area contributed by atoms with Crippen LogP contribution in [0.25, 0.3) is 0 Å². The van der Waals surface area contributed by atoms with Crippen LogP contribution < -0.4 is 16.2 Å². The Balaban J connectivity index is 2.26. The van der Waals surface area contributed by atoms with E-state index in [0.29, 0.717) is 18.0 Å². The molecule has 2 rings (SSSR count). The number of nitrogens with two attached hydrogens (primary N) is 1. The monoisotopic (exact) mass is 220 g/mol. The zero-order valence-electron chi connectivity index (χ0n) is 8.80. The summed E-state index contributed by atoms with van der Waals surface area (Å²) < 4.78 is 6.51. The summed E-state index contributed by atoms with van der Waals surface area (Å²) in [7, 11) is 1.56. The summed E-state index contributed by atoms with van der Waals surface area (Å²) in [5.74, 6) is 0.628. The normalized spacial score (nSPS) is 10.3. The highest BCUT2D eigenvalue weighted by molar-refractivity contribution is 5.54. The molecule has 1 aromatic heterocycles. The number of methoxy groups -OCH3 is 1. The molecule has 0 aliphatic heterocycles. The van der Waals surface area contributed by atoms with E-state index in [1.807, 2.05) is 6.07 Å². The van der Waals surface area contributed by atoms with Gasteiger partial charge in [-0.25, -0.2) is 9.89 Å². The predicted octanol–water partition coefficient (Wildman–Crippen LogP) is 0.211. The van der Waals surface area contributed by atoms with E-state index in [0.717, 1.165) is 5.56 Å². The summed E-state index contributed by atoms with van der Waals surface area (Å²) in [6.07, 6.45) is 1.45. The predicted molar refractivity (Wildman–Crippen MR) is 59.4 cm³/mol. The average Bonchev–Trinajstić information content (AvgIpc) is 2.65. The van der Waals surface area contributed by atoms with Crippen LogP contribution in [0.3, 0.4) is 0 Å². The summed E-state index contributed by atoms with van der Waals surface area (Å²) in [4.78, 5) is 11.2. The van der Waals surface area contributed by atoms with Crippen molar-refractivity contribution in [3.8, 4) is 5.75 Å². The number of hydrogen-bond donors (Lipinski definition) is 2. The van der Waals surface area contributed by atoms with Gasteiger partial charge in [-0.15, -0.1) is 0 Å². The first kappa shape index (κ1) is 10.3. The molecule has 0 aliphatic rings. The molecular formula is C10H12N4O2. The average molecular weight is 220 g/mol. The lowest BCUT2D eigenvalue weighted by molar-refractivity contribution is 0.417. The van der Waals surface area contributed by atoms with Crippen molar-refractivity contribution in [3.63, 3.8) is 0 Å². The molecule has 0 spiro atoms. The third-order valence-electron chi connectivity index (χ3n) is 2.27. The molecule has 0 bridgehead atoms. The number of anilines is 1. The number of aromatic amines is 1. The van der Waals surface area contributed by atoms with E-state index < -0.39 is 0 Å². The number of ether oxygens (including phenoxy) is 1. The standard InChI is InChI=1S/C10H12N4O2/c1-16-9-3-2-7(4-8(9)11)5-14-6-12-13-10(14)15/h2-4,6H,5,11H2,1H3,(H,13,15). The molecule has 0 saturated carbocycles. The highest BCUT2D eigenvalue weighted by Gasteiger charge is 2.03. The highest BCUT2D eigenvalue weighted by atomic mass is 16.5. The van der Waals surface area contributed by atoms with Crippen molar-refractivity contribution in [3.05, 3.63) is 40.6 Å². The molecule has 0 unspecified atom stereocenters. The Kier molecular flexibility index (Phi) is 2.63. The van der Waals surface area contributed by atoms with Gasteiger partial charge in [0.05, 0.1) is 19.3 Å². The van der Waals surface area contributed by atoms with E-state index in [1.165, 1.54) is 10.9 Å². The second kappa shape index (κ2) is 4.09. The van der Waals surface area contributed by atoms with Gasteiger partial charge in [-0.3, -0.25) is 4.57 Å². The lowest BCUT2D eigenvalue weighted by Gasteiger charge is -2.06. The molecule has 0 saturated heterocycles. The minimum Gasteiger partial charge on any atom is -0.495 e. The summed E-state index contributed by atoms with van der Waals surface area (Å²) >= 11 is 0. The van der Waals surface area contributed by atoms with E-state index in [2.05, 4.69) is 10.2 Å². The fourth-order valence-corrected chi connectivity index (χ4v) is 1.46. The van der Waals surface area contributed by atoms with Crippen molar-refractivity contribution >= 4 is 5.69 Å². The Labute approximate surface area is 91.7 Å². The molecule has 16 heavy (non-hydrogen) atoms. The Bertz CT molecular complexity index is 544. The number of nitrogens with zero attached hydrogens (tertiary/aromatic N) is 2. The SMILES string of the molecule is COc1ccc(Cn2cn[nH]c2=O)cc1N. The van der Waals surface area contributed by atoms with Crippen LogP contribution in [0.2, 0.25) is 0 Å². The number of nitrogens with one attached hydrogen (secondary N) is 1. The third kappa shape index (κ3) is 1.90. The Hall–Kier alpha value is -2.24. The van der Waals surface area contributed by atoms with Crippen molar-refractivity contribution in [2.24, 2.45) is 0 Å². The molecule has 0 atom stereocenters. The molecule has 0 radical (unpaired) electrons. The largest absolute Gasteiger partial charge is 0.495 e. The summed E-state index contributed by atoms with van der Waals surface area (Å²) in [5, 5.41) is 5.97. The first-order chi connectivity index (χ1) is 7.70. The van der Waals surface area contributed by atoms with E-state index >= 15 is 0 Å². The van der Waals surface area contributed by atoms with Gasteiger partial charge >= 0.3 is 5.69 Å². The molecule has 0 aliphatic carbocycles. The molecular weight excluding hydrogens is 208 g/mol. The van der Waals surface area contributed by atoms with Crippen LogP contribution in [0.4, 0.5) is 5.69 Å². The zero-order valence-corrected chi connectivity index (χ0v) is 8.80. The number of rotatable bonds is 3. The molecule has 6 heteroatoms. The summed E-state index contributed by atoms with van der Waals surface area (Å²) in [6, 6.07) is 5.41. The van der Waals surface area contributed by atoms with E-state index in [-0.39, 0.29) is 5.69 Å². The molecule has 2 aromatic rings. The molecule has 0 fully saturated rings. The van der Waals surface area contributed by atoms with Gasteiger partial charge in [-0.05, 0) is 17.7 Å². The topological polar surface area (TPSA) is 85.9 Å². The minimum atomic E-state index is -0.241. The molecule has 3 N–H and O–H groups in total. The number of aromatic nitrogens is 3. The minimum absolute atomic E-state index is 0.241. The molecule has 1 aromatic carbocycles. The van der Waals surface area contributed by atoms with E-state index in [4.69, 9.17) is 10.5 Å². The van der Waals surface area contributed by atoms with Gasteiger partial charge in [-0.2, -0.15) is 5.10 Å². The van der Waals surface area contributed by atoms with Crippen molar-refractivity contribution in [1.82, 2.24) is 14.8 Å². The second-order valence-corrected chi connectivity index (χ2v) is 3.37. The number of hydrogen-bond acceptors (Lipinski definition) is 4. The number of H-pyrrole nitrogens is 1. The van der Waals surface area contributed by atoms with Gasteiger partial charge in [0, 0.05) is 0 Å². The van der Waals surface area contributed by atoms with Crippen molar-refractivity contribution in [2.45, 2.75) is 6.54 Å². The Morgan fingerprint density at radius 2 is 2.38 bits per heavy atom. The van der Waals surface area contributed by atoms with Crippen LogP contribution in [0.5, 0.6) is 5.75 Å². The lowest BCUT2D eigenvalue weighted by atomic mass is 10.2. The summed E-state index contributed by atoms with van der Waals surface area (Å²) in [5.41, 5.74) is 6.99.